The first-order chi connectivity index (χ1) is 6.66. The van der Waals surface area contributed by atoms with Crippen molar-refractivity contribution in [1.82, 2.24) is 9.88 Å². The summed E-state index contributed by atoms with van der Waals surface area (Å²) in [5, 5.41) is 1.26. The number of aromatic amines is 1. The van der Waals surface area contributed by atoms with Crippen LogP contribution in [-0.2, 0) is 6.54 Å². The van der Waals surface area contributed by atoms with E-state index in [-0.39, 0.29) is 0 Å². The van der Waals surface area contributed by atoms with Gasteiger partial charge >= 0.3 is 0 Å². The van der Waals surface area contributed by atoms with Crippen LogP contribution in [0.4, 0.5) is 0 Å². The molecule has 2 rings (SSSR count). The summed E-state index contributed by atoms with van der Waals surface area (Å²) in [5.41, 5.74) is 2.56. The summed E-state index contributed by atoms with van der Waals surface area (Å²) in [4.78, 5) is 5.44. The first kappa shape index (κ1) is 9.74. The van der Waals surface area contributed by atoms with Crippen molar-refractivity contribution in [3.05, 3.63) is 34.4 Å². The molecule has 74 valence electrons. The molecule has 0 spiro atoms. The van der Waals surface area contributed by atoms with E-state index >= 15 is 0 Å². The second-order valence-electron chi connectivity index (χ2n) is 3.74. The van der Waals surface area contributed by atoms with E-state index in [2.05, 4.69) is 58.1 Å². The Morgan fingerprint density at radius 3 is 2.86 bits per heavy atom. The summed E-state index contributed by atoms with van der Waals surface area (Å²) in [7, 11) is 4.16. The highest BCUT2D eigenvalue weighted by atomic mass is 79.9. The van der Waals surface area contributed by atoms with Gasteiger partial charge in [-0.1, -0.05) is 15.9 Å². The van der Waals surface area contributed by atoms with Crippen molar-refractivity contribution in [1.29, 1.82) is 0 Å². The van der Waals surface area contributed by atoms with Gasteiger partial charge in [0.15, 0.2) is 0 Å². The molecule has 0 radical (unpaired) electrons. The molecule has 0 amide bonds. The molecule has 0 bridgehead atoms. The molecule has 0 aliphatic heterocycles. The van der Waals surface area contributed by atoms with Crippen molar-refractivity contribution in [2.24, 2.45) is 0 Å². The number of hydrogen-bond acceptors (Lipinski definition) is 1. The molecule has 0 aliphatic rings. The van der Waals surface area contributed by atoms with Crippen LogP contribution in [0.2, 0.25) is 0 Å². The summed E-state index contributed by atoms with van der Waals surface area (Å²) in [6.45, 7) is 0.955. The van der Waals surface area contributed by atoms with Gasteiger partial charge in [-0.2, -0.15) is 0 Å². The Morgan fingerprint density at radius 2 is 2.14 bits per heavy atom. The zero-order valence-corrected chi connectivity index (χ0v) is 9.93. The topological polar surface area (TPSA) is 19.0 Å². The maximum Gasteiger partial charge on any atom is 0.0500 e. The third-order valence-corrected chi connectivity index (χ3v) is 2.65. The van der Waals surface area contributed by atoms with Gasteiger partial charge in [0, 0.05) is 28.1 Å². The van der Waals surface area contributed by atoms with Crippen molar-refractivity contribution < 1.29 is 0 Å². The summed E-state index contributed by atoms with van der Waals surface area (Å²) in [5.74, 6) is 0. The molecule has 0 unspecified atom stereocenters. The number of aromatic nitrogens is 1. The summed E-state index contributed by atoms with van der Waals surface area (Å²) < 4.78 is 1.14. The Labute approximate surface area is 92.0 Å². The van der Waals surface area contributed by atoms with E-state index in [1.165, 1.54) is 16.5 Å². The minimum Gasteiger partial charge on any atom is -0.361 e. The van der Waals surface area contributed by atoms with Crippen LogP contribution in [0, 0.1) is 0 Å². The van der Waals surface area contributed by atoms with Crippen LogP contribution in [0.5, 0.6) is 0 Å². The van der Waals surface area contributed by atoms with Crippen LogP contribution < -0.4 is 0 Å². The molecule has 2 aromatic rings. The molecule has 0 atom stereocenters. The van der Waals surface area contributed by atoms with Crippen LogP contribution in [0.25, 0.3) is 10.9 Å². The number of rotatable bonds is 2. The Kier molecular flexibility index (Phi) is 2.61. The second-order valence-corrected chi connectivity index (χ2v) is 4.66. The van der Waals surface area contributed by atoms with Gasteiger partial charge in [-0.05, 0) is 37.9 Å². The highest BCUT2D eigenvalue weighted by molar-refractivity contribution is 9.10. The van der Waals surface area contributed by atoms with E-state index < -0.39 is 0 Å². The molecule has 1 N–H and O–H groups in total. The van der Waals surface area contributed by atoms with Crippen LogP contribution in [0.3, 0.4) is 0 Å². The molecule has 1 heterocycles. The standard InChI is InChI=1S/C11H13BrN2/c1-14(2)7-9-6-10(12)5-8-3-4-13-11(8)9/h3-6,13H,7H2,1-2H3. The van der Waals surface area contributed by atoms with E-state index in [0.717, 1.165) is 11.0 Å². The maximum atomic E-state index is 3.53. The lowest BCUT2D eigenvalue weighted by Crippen LogP contribution is -2.10. The summed E-state index contributed by atoms with van der Waals surface area (Å²) >= 11 is 3.53. The normalized spacial score (nSPS) is 11.4. The third kappa shape index (κ3) is 1.83. The van der Waals surface area contributed by atoms with E-state index in [1.54, 1.807) is 0 Å². The fourth-order valence-electron chi connectivity index (χ4n) is 1.67. The number of H-pyrrole nitrogens is 1. The second kappa shape index (κ2) is 3.75. The molecule has 1 aromatic carbocycles. The lowest BCUT2D eigenvalue weighted by Gasteiger charge is -2.11. The van der Waals surface area contributed by atoms with E-state index in [9.17, 15) is 0 Å². The van der Waals surface area contributed by atoms with Gasteiger partial charge in [0.25, 0.3) is 0 Å². The average Bonchev–Trinajstić information content (AvgIpc) is 2.50. The largest absolute Gasteiger partial charge is 0.361 e. The van der Waals surface area contributed by atoms with Crippen LogP contribution >= 0.6 is 15.9 Å². The number of halogens is 1. The van der Waals surface area contributed by atoms with Crippen molar-refractivity contribution in [2.75, 3.05) is 14.1 Å². The summed E-state index contributed by atoms with van der Waals surface area (Å²) in [6, 6.07) is 6.39. The van der Waals surface area contributed by atoms with E-state index in [1.807, 2.05) is 6.20 Å². The van der Waals surface area contributed by atoms with Gasteiger partial charge in [-0.25, -0.2) is 0 Å². The smallest absolute Gasteiger partial charge is 0.0500 e. The average molecular weight is 253 g/mol. The molecule has 3 heteroatoms. The van der Waals surface area contributed by atoms with Gasteiger partial charge in [-0.15, -0.1) is 0 Å². The molecule has 1 aromatic heterocycles. The van der Waals surface area contributed by atoms with Gasteiger partial charge in [-0.3, -0.25) is 0 Å². The van der Waals surface area contributed by atoms with Crippen molar-refractivity contribution >= 4 is 26.8 Å². The fourth-order valence-corrected chi connectivity index (χ4v) is 2.20. The third-order valence-electron chi connectivity index (χ3n) is 2.19. The SMILES string of the molecule is CN(C)Cc1cc(Br)cc2cc[nH]c12. The van der Waals surface area contributed by atoms with Crippen LogP contribution in [0.15, 0.2) is 28.9 Å². The zero-order valence-electron chi connectivity index (χ0n) is 8.34. The molecular weight excluding hydrogens is 240 g/mol. The minimum absolute atomic E-state index is 0.955. The number of fused-ring (bicyclic) bond motifs is 1. The monoisotopic (exact) mass is 252 g/mol. The van der Waals surface area contributed by atoms with E-state index in [4.69, 9.17) is 0 Å². The fraction of sp³-hybridized carbons (Fsp3) is 0.273. The van der Waals surface area contributed by atoms with Crippen molar-refractivity contribution in [3.63, 3.8) is 0 Å². The predicted octanol–water partition coefficient (Wildman–Crippen LogP) is 2.99. The Balaban J connectivity index is 2.55. The quantitative estimate of drug-likeness (QED) is 0.871. The number of benzene rings is 1. The minimum atomic E-state index is 0.955. The number of nitrogens with zero attached hydrogens (tertiary/aromatic N) is 1. The van der Waals surface area contributed by atoms with Crippen molar-refractivity contribution in [3.8, 4) is 0 Å². The van der Waals surface area contributed by atoms with Gasteiger partial charge < -0.3 is 9.88 Å². The molecular formula is C11H13BrN2. The highest BCUT2D eigenvalue weighted by Crippen LogP contribution is 2.23. The molecule has 0 saturated carbocycles. The Hall–Kier alpha value is -0.800. The molecule has 0 aliphatic carbocycles. The van der Waals surface area contributed by atoms with Crippen LogP contribution in [0.1, 0.15) is 5.56 Å². The van der Waals surface area contributed by atoms with Crippen molar-refractivity contribution in [2.45, 2.75) is 6.54 Å². The van der Waals surface area contributed by atoms with Gasteiger partial charge in [0.1, 0.15) is 0 Å². The predicted molar refractivity (Wildman–Crippen MR) is 63.4 cm³/mol. The molecule has 0 fully saturated rings. The molecule has 14 heavy (non-hydrogen) atoms. The molecule has 0 saturated heterocycles. The Bertz CT molecular complexity index is 445. The Morgan fingerprint density at radius 1 is 1.36 bits per heavy atom. The lowest BCUT2D eigenvalue weighted by molar-refractivity contribution is 0.404. The maximum absolute atomic E-state index is 3.53. The molecule has 2 nitrogen and oxygen atoms in total. The first-order valence-electron chi connectivity index (χ1n) is 4.57. The summed E-state index contributed by atoms with van der Waals surface area (Å²) in [6.07, 6.45) is 1.98. The van der Waals surface area contributed by atoms with E-state index in [0.29, 0.717) is 0 Å². The first-order valence-corrected chi connectivity index (χ1v) is 5.36. The number of hydrogen-bond donors (Lipinski definition) is 1. The van der Waals surface area contributed by atoms with Crippen LogP contribution in [-0.4, -0.2) is 24.0 Å². The highest BCUT2D eigenvalue weighted by Gasteiger charge is 2.04. The number of nitrogens with one attached hydrogen (secondary N) is 1. The van der Waals surface area contributed by atoms with Gasteiger partial charge in [0.2, 0.25) is 0 Å². The lowest BCUT2D eigenvalue weighted by atomic mass is 10.1. The van der Waals surface area contributed by atoms with Gasteiger partial charge in [0.05, 0.1) is 0 Å². The zero-order chi connectivity index (χ0) is 10.1.